The Bertz CT molecular complexity index is 448. The molecule has 0 atom stereocenters. The third kappa shape index (κ3) is 7.26. The largest absolute Gasteiger partial charge is 0.382 e. The quantitative estimate of drug-likeness (QED) is 0.412. The highest BCUT2D eigenvalue weighted by molar-refractivity contribution is 5.79. The minimum Gasteiger partial charge on any atom is -0.382 e. The average Bonchev–Trinajstić information content (AvgIpc) is 2.53. The Balaban J connectivity index is 2.30. The molecule has 1 heterocycles. The summed E-state index contributed by atoms with van der Waals surface area (Å²) in [6.45, 7) is 5.17. The van der Waals surface area contributed by atoms with Crippen LogP contribution in [0.1, 0.15) is 25.5 Å². The molecule has 0 aliphatic carbocycles. The molecule has 1 rings (SSSR count). The van der Waals surface area contributed by atoms with Crippen molar-refractivity contribution in [3.8, 4) is 0 Å². The van der Waals surface area contributed by atoms with Crippen LogP contribution in [0.5, 0.6) is 0 Å². The Hall–Kier alpha value is -1.82. The molecule has 6 heteroatoms. The van der Waals surface area contributed by atoms with Crippen LogP contribution in [0.25, 0.3) is 0 Å². The number of nitrogens with zero attached hydrogens (tertiary/aromatic N) is 3. The first-order chi connectivity index (χ1) is 10.7. The van der Waals surface area contributed by atoms with E-state index in [1.165, 1.54) is 0 Å². The van der Waals surface area contributed by atoms with Crippen LogP contribution in [0.2, 0.25) is 0 Å². The van der Waals surface area contributed by atoms with Crippen molar-refractivity contribution in [2.75, 3.05) is 45.8 Å². The van der Waals surface area contributed by atoms with E-state index in [1.807, 2.05) is 44.1 Å². The van der Waals surface area contributed by atoms with E-state index in [2.05, 4.69) is 20.6 Å². The van der Waals surface area contributed by atoms with E-state index in [0.29, 0.717) is 6.54 Å². The average molecular weight is 307 g/mol. The first-order valence-electron chi connectivity index (χ1n) is 7.83. The van der Waals surface area contributed by atoms with Crippen molar-refractivity contribution < 1.29 is 4.74 Å². The molecule has 0 unspecified atom stereocenters. The second-order valence-electron chi connectivity index (χ2n) is 5.14. The van der Waals surface area contributed by atoms with Gasteiger partial charge in [0.15, 0.2) is 5.96 Å². The molecule has 0 bridgehead atoms. The third-order valence-corrected chi connectivity index (χ3v) is 3.12. The van der Waals surface area contributed by atoms with E-state index in [4.69, 9.17) is 4.74 Å². The summed E-state index contributed by atoms with van der Waals surface area (Å²) in [4.78, 5) is 10.8. The summed E-state index contributed by atoms with van der Waals surface area (Å²) < 4.78 is 5.32. The van der Waals surface area contributed by atoms with E-state index in [9.17, 15) is 0 Å². The summed E-state index contributed by atoms with van der Waals surface area (Å²) in [5, 5.41) is 6.58. The van der Waals surface area contributed by atoms with Crippen LogP contribution in [-0.4, -0.2) is 51.8 Å². The molecule has 6 nitrogen and oxygen atoms in total. The van der Waals surface area contributed by atoms with Gasteiger partial charge in [0.1, 0.15) is 5.82 Å². The van der Waals surface area contributed by atoms with Gasteiger partial charge < -0.3 is 20.3 Å². The predicted octanol–water partition coefficient (Wildman–Crippen LogP) is 1.63. The fraction of sp³-hybridized carbons (Fsp3) is 0.625. The molecule has 1 aromatic heterocycles. The van der Waals surface area contributed by atoms with E-state index < -0.39 is 0 Å². The fourth-order valence-corrected chi connectivity index (χ4v) is 1.89. The first-order valence-corrected chi connectivity index (χ1v) is 7.83. The van der Waals surface area contributed by atoms with Gasteiger partial charge in [-0.25, -0.2) is 4.98 Å². The van der Waals surface area contributed by atoms with E-state index >= 15 is 0 Å². The number of ether oxygens (including phenoxy) is 1. The highest BCUT2D eigenvalue weighted by Crippen LogP contribution is 2.07. The molecule has 0 amide bonds. The molecular weight excluding hydrogens is 278 g/mol. The van der Waals surface area contributed by atoms with Crippen LogP contribution in [-0.2, 0) is 11.3 Å². The molecule has 124 valence electrons. The van der Waals surface area contributed by atoms with Crippen molar-refractivity contribution in [1.29, 1.82) is 0 Å². The lowest BCUT2D eigenvalue weighted by Crippen LogP contribution is -2.37. The number of nitrogens with one attached hydrogen (secondary N) is 2. The van der Waals surface area contributed by atoms with Crippen LogP contribution in [0.4, 0.5) is 5.82 Å². The number of aromatic nitrogens is 1. The Morgan fingerprint density at radius 3 is 2.77 bits per heavy atom. The normalized spacial score (nSPS) is 11.4. The van der Waals surface area contributed by atoms with Crippen molar-refractivity contribution >= 4 is 11.8 Å². The predicted molar refractivity (Wildman–Crippen MR) is 92.5 cm³/mol. The van der Waals surface area contributed by atoms with Crippen molar-refractivity contribution in [1.82, 2.24) is 15.6 Å². The van der Waals surface area contributed by atoms with E-state index in [-0.39, 0.29) is 0 Å². The molecule has 0 aliphatic heterocycles. The summed E-state index contributed by atoms with van der Waals surface area (Å²) >= 11 is 0. The summed E-state index contributed by atoms with van der Waals surface area (Å²) in [6.07, 6.45) is 2.12. The van der Waals surface area contributed by atoms with E-state index in [1.54, 1.807) is 7.05 Å². The van der Waals surface area contributed by atoms with Crippen molar-refractivity contribution in [2.45, 2.75) is 26.3 Å². The third-order valence-electron chi connectivity index (χ3n) is 3.12. The van der Waals surface area contributed by atoms with Gasteiger partial charge in [-0.05, 0) is 31.9 Å². The van der Waals surface area contributed by atoms with Crippen LogP contribution in [0, 0.1) is 0 Å². The highest BCUT2D eigenvalue weighted by Gasteiger charge is 2.01. The lowest BCUT2D eigenvalue weighted by molar-refractivity contribution is 0.143. The SMILES string of the molecule is CCOCCCCNC(=NC)NCc1cccc(N(C)C)n1. The van der Waals surface area contributed by atoms with Gasteiger partial charge in [-0.3, -0.25) is 4.99 Å². The summed E-state index contributed by atoms with van der Waals surface area (Å²) in [5.41, 5.74) is 0.991. The lowest BCUT2D eigenvalue weighted by atomic mass is 10.3. The summed E-state index contributed by atoms with van der Waals surface area (Å²) in [6, 6.07) is 6.02. The number of anilines is 1. The fourth-order valence-electron chi connectivity index (χ4n) is 1.89. The lowest BCUT2D eigenvalue weighted by Gasteiger charge is -2.14. The van der Waals surface area contributed by atoms with Gasteiger partial charge in [-0.2, -0.15) is 0 Å². The number of guanidine groups is 1. The Morgan fingerprint density at radius 2 is 2.09 bits per heavy atom. The van der Waals surface area contributed by atoms with Gasteiger partial charge in [-0.1, -0.05) is 6.07 Å². The molecule has 1 aromatic rings. The monoisotopic (exact) mass is 307 g/mol. The summed E-state index contributed by atoms with van der Waals surface area (Å²) in [7, 11) is 5.75. The molecule has 0 spiro atoms. The Kier molecular flexibility index (Phi) is 8.98. The van der Waals surface area contributed by atoms with Gasteiger partial charge >= 0.3 is 0 Å². The second-order valence-corrected chi connectivity index (χ2v) is 5.14. The standard InChI is InChI=1S/C16H29N5O/c1-5-22-12-7-6-11-18-16(17-2)19-13-14-9-8-10-15(20-14)21(3)4/h8-10H,5-7,11-13H2,1-4H3,(H2,17,18,19). The first kappa shape index (κ1) is 18.2. The molecule has 2 N–H and O–H groups in total. The second kappa shape index (κ2) is 10.8. The molecule has 0 fully saturated rings. The number of rotatable bonds is 9. The molecule has 0 aromatic carbocycles. The number of aliphatic imine (C=N–C) groups is 1. The minimum atomic E-state index is 0.653. The van der Waals surface area contributed by atoms with Crippen molar-refractivity contribution in [3.05, 3.63) is 23.9 Å². The zero-order chi connectivity index (χ0) is 16.2. The maximum atomic E-state index is 5.32. The van der Waals surface area contributed by atoms with Gasteiger partial charge in [0, 0.05) is 40.9 Å². The Labute approximate surface area is 134 Å². The molecule has 0 aliphatic rings. The zero-order valence-corrected chi connectivity index (χ0v) is 14.2. The minimum absolute atomic E-state index is 0.653. The van der Waals surface area contributed by atoms with Gasteiger partial charge in [0.25, 0.3) is 0 Å². The Morgan fingerprint density at radius 1 is 1.27 bits per heavy atom. The van der Waals surface area contributed by atoms with Crippen LogP contribution >= 0.6 is 0 Å². The number of unbranched alkanes of at least 4 members (excludes halogenated alkanes) is 1. The summed E-state index contributed by atoms with van der Waals surface area (Å²) in [5.74, 6) is 1.76. The molecule has 0 radical (unpaired) electrons. The number of hydrogen-bond acceptors (Lipinski definition) is 4. The number of pyridine rings is 1. The molecular formula is C16H29N5O. The molecule has 0 saturated heterocycles. The maximum absolute atomic E-state index is 5.32. The van der Waals surface area contributed by atoms with Crippen LogP contribution < -0.4 is 15.5 Å². The van der Waals surface area contributed by atoms with E-state index in [0.717, 1.165) is 50.1 Å². The molecule has 0 saturated carbocycles. The van der Waals surface area contributed by atoms with Crippen molar-refractivity contribution in [3.63, 3.8) is 0 Å². The van der Waals surface area contributed by atoms with Crippen LogP contribution in [0.15, 0.2) is 23.2 Å². The van der Waals surface area contributed by atoms with Gasteiger partial charge in [-0.15, -0.1) is 0 Å². The van der Waals surface area contributed by atoms with Crippen molar-refractivity contribution in [2.24, 2.45) is 4.99 Å². The molecule has 22 heavy (non-hydrogen) atoms. The zero-order valence-electron chi connectivity index (χ0n) is 14.2. The van der Waals surface area contributed by atoms with Gasteiger partial charge in [0.05, 0.1) is 12.2 Å². The van der Waals surface area contributed by atoms with Crippen LogP contribution in [0.3, 0.4) is 0 Å². The smallest absolute Gasteiger partial charge is 0.191 e. The highest BCUT2D eigenvalue weighted by atomic mass is 16.5. The van der Waals surface area contributed by atoms with Gasteiger partial charge in [0.2, 0.25) is 0 Å². The number of hydrogen-bond donors (Lipinski definition) is 2. The maximum Gasteiger partial charge on any atom is 0.191 e. The topological polar surface area (TPSA) is 61.8 Å².